The Kier molecular flexibility index (Phi) is 8.78. The lowest BCUT2D eigenvalue weighted by Crippen LogP contribution is -2.38. The van der Waals surface area contributed by atoms with Gasteiger partial charge in [-0.15, -0.1) is 0 Å². The van der Waals surface area contributed by atoms with Crippen LogP contribution < -0.4 is 5.32 Å². The monoisotopic (exact) mass is 309 g/mol. The summed E-state index contributed by atoms with van der Waals surface area (Å²) in [6.45, 7) is 0.619. The third-order valence-electron chi connectivity index (χ3n) is 3.17. The van der Waals surface area contributed by atoms with Gasteiger partial charge >= 0.3 is 5.97 Å². The van der Waals surface area contributed by atoms with E-state index in [1.807, 2.05) is 30.3 Å². The van der Waals surface area contributed by atoms with Crippen molar-refractivity contribution in [2.75, 3.05) is 19.4 Å². The normalized spacial score (nSPS) is 11.9. The third-order valence-corrected chi connectivity index (χ3v) is 3.43. The van der Waals surface area contributed by atoms with Gasteiger partial charge in [-0.1, -0.05) is 30.3 Å². The van der Waals surface area contributed by atoms with Crippen LogP contribution in [0.5, 0.6) is 0 Å². The van der Waals surface area contributed by atoms with E-state index in [0.29, 0.717) is 38.0 Å². The number of thiol groups is 1. The maximum absolute atomic E-state index is 11.8. The maximum atomic E-state index is 11.8. The molecule has 0 aliphatic heterocycles. The minimum absolute atomic E-state index is 0.215. The summed E-state index contributed by atoms with van der Waals surface area (Å²) in [7, 11) is 1.37. The van der Waals surface area contributed by atoms with Crippen LogP contribution in [0.15, 0.2) is 30.3 Å². The number of hydrogen-bond acceptors (Lipinski definition) is 5. The SMILES string of the molecule is COC(=O)[C@H](CCS)NCCCC(=O)Cc1ccccc1. The largest absolute Gasteiger partial charge is 0.468 e. The topological polar surface area (TPSA) is 55.4 Å². The zero-order valence-electron chi connectivity index (χ0n) is 12.4. The molecule has 0 heterocycles. The molecule has 1 aromatic rings. The highest BCUT2D eigenvalue weighted by atomic mass is 32.1. The number of esters is 1. The van der Waals surface area contributed by atoms with E-state index in [1.165, 1.54) is 7.11 Å². The molecule has 0 saturated carbocycles. The van der Waals surface area contributed by atoms with Crippen molar-refractivity contribution < 1.29 is 14.3 Å². The summed E-state index contributed by atoms with van der Waals surface area (Å²) >= 11 is 4.12. The number of carbonyl (C=O) groups is 2. The number of hydrogen-bond donors (Lipinski definition) is 2. The molecule has 5 heteroatoms. The average molecular weight is 309 g/mol. The van der Waals surface area contributed by atoms with Crippen molar-refractivity contribution in [2.45, 2.75) is 31.7 Å². The van der Waals surface area contributed by atoms with Crippen LogP contribution in [0.1, 0.15) is 24.8 Å². The lowest BCUT2D eigenvalue weighted by atomic mass is 10.1. The Balaban J connectivity index is 2.23. The first kappa shape index (κ1) is 17.7. The number of ether oxygens (including phenoxy) is 1. The van der Waals surface area contributed by atoms with Crippen LogP contribution in [0.25, 0.3) is 0 Å². The molecule has 0 unspecified atom stereocenters. The summed E-state index contributed by atoms with van der Waals surface area (Å²) in [5.41, 5.74) is 1.04. The van der Waals surface area contributed by atoms with Crippen LogP contribution in [-0.4, -0.2) is 37.2 Å². The van der Waals surface area contributed by atoms with Gasteiger partial charge in [-0.25, -0.2) is 0 Å². The molecule has 0 aliphatic carbocycles. The average Bonchev–Trinajstić information content (AvgIpc) is 2.50. The lowest BCUT2D eigenvalue weighted by molar-refractivity contribution is -0.143. The first-order valence-electron chi connectivity index (χ1n) is 7.15. The number of benzene rings is 1. The van der Waals surface area contributed by atoms with Gasteiger partial charge in [0.1, 0.15) is 11.8 Å². The Morgan fingerprint density at radius 1 is 1.29 bits per heavy atom. The first-order chi connectivity index (χ1) is 10.2. The summed E-state index contributed by atoms with van der Waals surface area (Å²) in [6.07, 6.45) is 2.31. The van der Waals surface area contributed by atoms with E-state index in [4.69, 9.17) is 4.74 Å². The van der Waals surface area contributed by atoms with Gasteiger partial charge in [-0.05, 0) is 30.7 Å². The molecule has 4 nitrogen and oxygen atoms in total. The van der Waals surface area contributed by atoms with Crippen molar-refractivity contribution >= 4 is 24.4 Å². The van der Waals surface area contributed by atoms with Crippen molar-refractivity contribution in [3.63, 3.8) is 0 Å². The van der Waals surface area contributed by atoms with E-state index in [-0.39, 0.29) is 17.8 Å². The summed E-state index contributed by atoms with van der Waals surface area (Å²) in [4.78, 5) is 23.3. The van der Waals surface area contributed by atoms with Gasteiger partial charge in [0.15, 0.2) is 0 Å². The Morgan fingerprint density at radius 3 is 2.62 bits per heavy atom. The van der Waals surface area contributed by atoms with E-state index < -0.39 is 0 Å². The fourth-order valence-corrected chi connectivity index (χ4v) is 2.31. The molecule has 0 fully saturated rings. The summed E-state index contributed by atoms with van der Waals surface area (Å²) in [6, 6.07) is 9.38. The molecule has 1 N–H and O–H groups in total. The van der Waals surface area contributed by atoms with Gasteiger partial charge in [0, 0.05) is 12.8 Å². The number of carbonyl (C=O) groups excluding carboxylic acids is 2. The van der Waals surface area contributed by atoms with Crippen molar-refractivity contribution in [2.24, 2.45) is 0 Å². The minimum Gasteiger partial charge on any atom is -0.468 e. The molecule has 1 aromatic carbocycles. The van der Waals surface area contributed by atoms with Crippen LogP contribution in [-0.2, 0) is 20.7 Å². The molecule has 0 bridgehead atoms. The quantitative estimate of drug-likeness (QED) is 0.394. The van der Waals surface area contributed by atoms with Gasteiger partial charge < -0.3 is 10.1 Å². The van der Waals surface area contributed by atoms with Crippen LogP contribution in [0, 0.1) is 0 Å². The van der Waals surface area contributed by atoms with Gasteiger partial charge in [0.05, 0.1) is 7.11 Å². The zero-order chi connectivity index (χ0) is 15.5. The Morgan fingerprint density at radius 2 is 2.00 bits per heavy atom. The summed E-state index contributed by atoms with van der Waals surface area (Å²) in [5.74, 6) is 0.547. The van der Waals surface area contributed by atoms with Crippen LogP contribution in [0.2, 0.25) is 0 Å². The van der Waals surface area contributed by atoms with E-state index >= 15 is 0 Å². The number of ketones is 1. The Hall–Kier alpha value is -1.33. The van der Waals surface area contributed by atoms with Gasteiger partial charge in [-0.3, -0.25) is 9.59 Å². The van der Waals surface area contributed by atoms with Crippen molar-refractivity contribution in [1.82, 2.24) is 5.32 Å². The second kappa shape index (κ2) is 10.4. The molecule has 0 spiro atoms. The molecule has 0 amide bonds. The fraction of sp³-hybridized carbons (Fsp3) is 0.500. The maximum Gasteiger partial charge on any atom is 0.322 e. The number of methoxy groups -OCH3 is 1. The predicted octanol–water partition coefficient (Wildman–Crippen LogP) is 2.03. The molecule has 116 valence electrons. The van der Waals surface area contributed by atoms with Gasteiger partial charge in [0.25, 0.3) is 0 Å². The number of rotatable bonds is 10. The smallest absolute Gasteiger partial charge is 0.322 e. The second-order valence-corrected chi connectivity index (χ2v) is 5.29. The standard InChI is InChI=1S/C16H23NO3S/c1-20-16(19)15(9-11-21)17-10-5-8-14(18)12-13-6-3-2-4-7-13/h2-4,6-7,15,17,21H,5,8-12H2,1H3/t15-/m0/s1. The second-order valence-electron chi connectivity index (χ2n) is 4.85. The van der Waals surface area contributed by atoms with E-state index in [1.54, 1.807) is 0 Å². The highest BCUT2D eigenvalue weighted by molar-refractivity contribution is 7.80. The molecule has 0 saturated heterocycles. The lowest BCUT2D eigenvalue weighted by Gasteiger charge is -2.15. The summed E-state index contributed by atoms with van der Waals surface area (Å²) < 4.78 is 4.72. The Bertz CT molecular complexity index is 436. The van der Waals surface area contributed by atoms with Gasteiger partial charge in [0.2, 0.25) is 0 Å². The molecule has 1 atom stereocenters. The number of Topliss-reactive ketones (excluding diaryl/α,β-unsaturated/α-hetero) is 1. The molecule has 0 aromatic heterocycles. The van der Waals surface area contributed by atoms with Crippen molar-refractivity contribution in [1.29, 1.82) is 0 Å². The first-order valence-corrected chi connectivity index (χ1v) is 7.78. The van der Waals surface area contributed by atoms with Crippen molar-refractivity contribution in [3.8, 4) is 0 Å². The zero-order valence-corrected chi connectivity index (χ0v) is 13.3. The van der Waals surface area contributed by atoms with Crippen molar-refractivity contribution in [3.05, 3.63) is 35.9 Å². The molecule has 1 rings (SSSR count). The highest BCUT2D eigenvalue weighted by Gasteiger charge is 2.17. The van der Waals surface area contributed by atoms with E-state index in [9.17, 15) is 9.59 Å². The van der Waals surface area contributed by atoms with Crippen LogP contribution in [0.3, 0.4) is 0 Å². The van der Waals surface area contributed by atoms with Crippen LogP contribution >= 0.6 is 12.6 Å². The minimum atomic E-state index is -0.336. The molecule has 0 radical (unpaired) electrons. The predicted molar refractivity (Wildman–Crippen MR) is 86.7 cm³/mol. The third kappa shape index (κ3) is 7.29. The molecular formula is C16H23NO3S. The fourth-order valence-electron chi connectivity index (χ4n) is 2.05. The van der Waals surface area contributed by atoms with Crippen LogP contribution in [0.4, 0.5) is 0 Å². The molecule has 0 aliphatic rings. The Labute approximate surface area is 131 Å². The number of nitrogens with one attached hydrogen (secondary N) is 1. The van der Waals surface area contributed by atoms with E-state index in [0.717, 1.165) is 5.56 Å². The highest BCUT2D eigenvalue weighted by Crippen LogP contribution is 2.04. The summed E-state index contributed by atoms with van der Waals surface area (Å²) in [5, 5.41) is 3.11. The van der Waals surface area contributed by atoms with Gasteiger partial charge in [-0.2, -0.15) is 12.6 Å². The molecule has 21 heavy (non-hydrogen) atoms. The van der Waals surface area contributed by atoms with E-state index in [2.05, 4.69) is 17.9 Å². The molecular weight excluding hydrogens is 286 g/mol.